The Bertz CT molecular complexity index is 1310. The summed E-state index contributed by atoms with van der Waals surface area (Å²) in [6, 6.07) is 39.0. The second-order valence-electron chi connectivity index (χ2n) is 8.49. The van der Waals surface area contributed by atoms with E-state index in [9.17, 15) is 0 Å². The highest BCUT2D eigenvalue weighted by molar-refractivity contribution is 5.87. The highest BCUT2D eigenvalue weighted by atomic mass is 14.4. The maximum atomic E-state index is 3.87. The average Bonchev–Trinajstić information content (AvgIpc) is 3.38. The Labute approximate surface area is 189 Å². The molecule has 0 amide bonds. The van der Waals surface area contributed by atoms with Gasteiger partial charge in [0.25, 0.3) is 0 Å². The summed E-state index contributed by atoms with van der Waals surface area (Å²) in [5.41, 5.74) is 12.9. The van der Waals surface area contributed by atoms with Crippen LogP contribution < -0.4 is 0 Å². The molecule has 0 N–H and O–H groups in total. The molecule has 0 aromatic heterocycles. The van der Waals surface area contributed by atoms with Crippen molar-refractivity contribution in [1.29, 1.82) is 0 Å². The summed E-state index contributed by atoms with van der Waals surface area (Å²) >= 11 is 0. The van der Waals surface area contributed by atoms with Crippen LogP contribution in [-0.4, -0.2) is 0 Å². The van der Waals surface area contributed by atoms with Crippen molar-refractivity contribution in [2.45, 2.75) is 12.8 Å². The van der Waals surface area contributed by atoms with E-state index in [1.165, 1.54) is 50.1 Å². The topological polar surface area (TPSA) is 0 Å². The van der Waals surface area contributed by atoms with Gasteiger partial charge in [-0.15, -0.1) is 0 Å². The minimum Gasteiger partial charge on any atom is -0.0622 e. The second-order valence-corrected chi connectivity index (χ2v) is 8.49. The molecule has 0 heteroatoms. The van der Waals surface area contributed by atoms with E-state index in [2.05, 4.69) is 128 Å². The zero-order valence-electron chi connectivity index (χ0n) is 18.0. The molecule has 4 aromatic rings. The van der Waals surface area contributed by atoms with Crippen LogP contribution in [0.25, 0.3) is 16.7 Å². The van der Waals surface area contributed by atoms with Gasteiger partial charge in [0, 0.05) is 5.92 Å². The first-order chi connectivity index (χ1) is 15.8. The molecule has 0 aliphatic heterocycles. The highest BCUT2D eigenvalue weighted by Crippen LogP contribution is 2.51. The minimum absolute atomic E-state index is 0.226. The van der Waals surface area contributed by atoms with E-state index in [1.807, 2.05) is 0 Å². The van der Waals surface area contributed by atoms with Crippen molar-refractivity contribution in [3.63, 3.8) is 0 Å². The average molecular weight is 408 g/mol. The van der Waals surface area contributed by atoms with Crippen LogP contribution in [0.5, 0.6) is 0 Å². The number of hydrogen-bond acceptors (Lipinski definition) is 0. The molecule has 0 fully saturated rings. The van der Waals surface area contributed by atoms with Gasteiger partial charge in [0.2, 0.25) is 0 Å². The van der Waals surface area contributed by atoms with E-state index < -0.39 is 0 Å². The summed E-state index contributed by atoms with van der Waals surface area (Å²) in [5, 5.41) is 0. The number of hydrogen-bond donors (Lipinski definition) is 0. The fourth-order valence-electron chi connectivity index (χ4n) is 5.16. The van der Waals surface area contributed by atoms with Crippen molar-refractivity contribution in [2.24, 2.45) is 0 Å². The molecule has 0 atom stereocenters. The van der Waals surface area contributed by atoms with Crippen LogP contribution in [0.3, 0.4) is 0 Å². The Hall–Kier alpha value is -3.90. The Kier molecular flexibility index (Phi) is 4.51. The molecular formula is C32H23. The predicted molar refractivity (Wildman–Crippen MR) is 133 cm³/mol. The molecule has 0 saturated heterocycles. The molecular weight excluding hydrogens is 384 g/mol. The summed E-state index contributed by atoms with van der Waals surface area (Å²) in [6.45, 7) is 2.23. The van der Waals surface area contributed by atoms with Gasteiger partial charge in [-0.25, -0.2) is 0 Å². The largest absolute Gasteiger partial charge is 0.0622 e. The molecule has 0 heterocycles. The van der Waals surface area contributed by atoms with Crippen LogP contribution in [-0.2, 0) is 0 Å². The molecule has 0 unspecified atom stereocenters. The van der Waals surface area contributed by atoms with Gasteiger partial charge in [0.15, 0.2) is 0 Å². The van der Waals surface area contributed by atoms with Crippen LogP contribution in [0.15, 0.2) is 132 Å². The standard InChI is InChI=1S/C32H23/c1-22-20-25(31(23-12-4-2-5-13-23)24-14-6-3-7-15-24)21-30(22)32-28-18-10-8-16-26(28)27-17-9-11-19-29(27)32/h2-20,32H,1H3. The zero-order valence-corrected chi connectivity index (χ0v) is 18.0. The van der Waals surface area contributed by atoms with Crippen LogP contribution in [0.2, 0.25) is 0 Å². The van der Waals surface area contributed by atoms with E-state index in [0.29, 0.717) is 0 Å². The lowest BCUT2D eigenvalue weighted by atomic mass is 9.86. The quantitative estimate of drug-likeness (QED) is 0.323. The molecule has 6 rings (SSSR count). The number of fused-ring (bicyclic) bond motifs is 3. The first-order valence-corrected chi connectivity index (χ1v) is 11.2. The van der Waals surface area contributed by atoms with Crippen LogP contribution >= 0.6 is 0 Å². The first-order valence-electron chi connectivity index (χ1n) is 11.2. The van der Waals surface area contributed by atoms with Gasteiger partial charge < -0.3 is 0 Å². The monoisotopic (exact) mass is 407 g/mol. The maximum absolute atomic E-state index is 3.87. The Morgan fingerprint density at radius 2 is 1.06 bits per heavy atom. The van der Waals surface area contributed by atoms with Gasteiger partial charge in [-0.05, 0) is 68.7 Å². The van der Waals surface area contributed by atoms with Gasteiger partial charge in [0.1, 0.15) is 0 Å². The molecule has 0 nitrogen and oxygen atoms in total. The number of allylic oxidation sites excluding steroid dienone is 5. The van der Waals surface area contributed by atoms with Crippen LogP contribution in [0.1, 0.15) is 35.1 Å². The summed E-state index contributed by atoms with van der Waals surface area (Å²) in [7, 11) is 0. The van der Waals surface area contributed by atoms with Crippen molar-refractivity contribution in [2.75, 3.05) is 0 Å². The van der Waals surface area contributed by atoms with Crippen molar-refractivity contribution in [3.8, 4) is 11.1 Å². The van der Waals surface area contributed by atoms with Gasteiger partial charge in [0.05, 0.1) is 0 Å². The van der Waals surface area contributed by atoms with Crippen LogP contribution in [0.4, 0.5) is 0 Å². The summed E-state index contributed by atoms with van der Waals surface area (Å²) in [5.74, 6) is 0.226. The fraction of sp³-hybridized carbons (Fsp3) is 0.0625. The molecule has 2 aliphatic carbocycles. The highest BCUT2D eigenvalue weighted by Gasteiger charge is 2.33. The third-order valence-corrected chi connectivity index (χ3v) is 6.57. The Balaban J connectivity index is 1.57. The molecule has 2 aliphatic rings. The van der Waals surface area contributed by atoms with Crippen molar-refractivity contribution in [1.82, 2.24) is 0 Å². The van der Waals surface area contributed by atoms with Gasteiger partial charge in [-0.3, -0.25) is 0 Å². The lowest BCUT2D eigenvalue weighted by molar-refractivity contribution is 0.990. The lowest BCUT2D eigenvalue weighted by Crippen LogP contribution is -2.01. The Morgan fingerprint density at radius 1 is 0.594 bits per heavy atom. The summed E-state index contributed by atoms with van der Waals surface area (Å²) in [6.07, 6.45) is 6.18. The van der Waals surface area contributed by atoms with E-state index in [1.54, 1.807) is 0 Å². The maximum Gasteiger partial charge on any atom is 0.0361 e. The Morgan fingerprint density at radius 3 is 1.59 bits per heavy atom. The van der Waals surface area contributed by atoms with Gasteiger partial charge in [-0.2, -0.15) is 0 Å². The molecule has 0 spiro atoms. The molecule has 1 radical (unpaired) electrons. The predicted octanol–water partition coefficient (Wildman–Crippen LogP) is 7.99. The van der Waals surface area contributed by atoms with Crippen molar-refractivity contribution in [3.05, 3.63) is 160 Å². The molecule has 0 saturated carbocycles. The molecule has 0 bridgehead atoms. The lowest BCUT2D eigenvalue weighted by Gasteiger charge is -2.16. The zero-order chi connectivity index (χ0) is 21.5. The van der Waals surface area contributed by atoms with E-state index in [4.69, 9.17) is 0 Å². The smallest absolute Gasteiger partial charge is 0.0361 e. The first kappa shape index (κ1) is 18.8. The SMILES string of the molecule is CC1=CC(=C(c2ccccc2)c2ccccc2)[C]=C1C1c2ccccc2-c2ccccc21. The van der Waals surface area contributed by atoms with Gasteiger partial charge >= 0.3 is 0 Å². The normalized spacial score (nSPS) is 14.6. The van der Waals surface area contributed by atoms with Crippen molar-refractivity contribution >= 4 is 5.57 Å². The van der Waals surface area contributed by atoms with E-state index in [0.717, 1.165) is 5.57 Å². The summed E-state index contributed by atoms with van der Waals surface area (Å²) < 4.78 is 0. The minimum atomic E-state index is 0.226. The van der Waals surface area contributed by atoms with E-state index >= 15 is 0 Å². The van der Waals surface area contributed by atoms with Crippen LogP contribution in [0, 0.1) is 6.08 Å². The number of rotatable bonds is 3. The third kappa shape index (κ3) is 2.99. The van der Waals surface area contributed by atoms with E-state index in [-0.39, 0.29) is 5.92 Å². The fourth-order valence-corrected chi connectivity index (χ4v) is 5.16. The van der Waals surface area contributed by atoms with Crippen molar-refractivity contribution < 1.29 is 0 Å². The second kappa shape index (κ2) is 7.66. The summed E-state index contributed by atoms with van der Waals surface area (Å²) in [4.78, 5) is 0. The molecule has 151 valence electrons. The molecule has 32 heavy (non-hydrogen) atoms. The molecule has 4 aromatic carbocycles. The third-order valence-electron chi connectivity index (χ3n) is 6.57. The van der Waals surface area contributed by atoms with Gasteiger partial charge in [-0.1, -0.05) is 115 Å². The number of benzene rings is 4.